The molecule has 0 radical (unpaired) electrons. The summed E-state index contributed by atoms with van der Waals surface area (Å²) < 4.78 is 5.13. The van der Waals surface area contributed by atoms with Gasteiger partial charge in [0.1, 0.15) is 6.04 Å². The lowest BCUT2D eigenvalue weighted by Gasteiger charge is -2.37. The van der Waals surface area contributed by atoms with Crippen LogP contribution in [-0.2, 0) is 14.3 Å². The minimum atomic E-state index is -0.337. The number of likely N-dealkylation sites (tertiary alicyclic amines) is 1. The van der Waals surface area contributed by atoms with Gasteiger partial charge in [0.2, 0.25) is 5.91 Å². The number of esters is 1. The quantitative estimate of drug-likeness (QED) is 0.747. The van der Waals surface area contributed by atoms with Crippen molar-refractivity contribution in [3.05, 3.63) is 0 Å². The standard InChI is InChI=1S/C16H27NO3/c1-3-20-16(19)14-6-4-5-11-17(14)15(18)13-9-7-12(2)8-10-13/h12-14H,3-11H2,1-2H3. The largest absolute Gasteiger partial charge is 0.464 e. The number of rotatable bonds is 3. The molecule has 1 unspecified atom stereocenters. The van der Waals surface area contributed by atoms with Gasteiger partial charge in [0.15, 0.2) is 0 Å². The number of amides is 1. The van der Waals surface area contributed by atoms with Crippen molar-refractivity contribution >= 4 is 11.9 Å². The third kappa shape index (κ3) is 3.53. The minimum absolute atomic E-state index is 0.126. The van der Waals surface area contributed by atoms with E-state index in [1.54, 1.807) is 0 Å². The Morgan fingerprint density at radius 3 is 2.45 bits per heavy atom. The molecule has 1 atom stereocenters. The molecule has 4 heteroatoms. The average molecular weight is 281 g/mol. The van der Waals surface area contributed by atoms with Gasteiger partial charge in [-0.25, -0.2) is 4.79 Å². The first-order valence-electron chi connectivity index (χ1n) is 8.10. The molecule has 0 spiro atoms. The highest BCUT2D eigenvalue weighted by molar-refractivity contribution is 5.86. The Morgan fingerprint density at radius 1 is 1.10 bits per heavy atom. The third-order valence-electron chi connectivity index (χ3n) is 4.71. The van der Waals surface area contributed by atoms with Crippen LogP contribution < -0.4 is 0 Å². The summed E-state index contributed by atoms with van der Waals surface area (Å²) >= 11 is 0. The van der Waals surface area contributed by atoms with Crippen LogP contribution in [0.15, 0.2) is 0 Å². The van der Waals surface area contributed by atoms with Gasteiger partial charge in [-0.15, -0.1) is 0 Å². The van der Waals surface area contributed by atoms with Gasteiger partial charge in [-0.1, -0.05) is 6.92 Å². The molecule has 0 bridgehead atoms. The van der Waals surface area contributed by atoms with E-state index in [9.17, 15) is 9.59 Å². The summed E-state index contributed by atoms with van der Waals surface area (Å²) in [5.41, 5.74) is 0. The first kappa shape index (κ1) is 15.3. The van der Waals surface area contributed by atoms with Crippen LogP contribution in [0.1, 0.15) is 58.8 Å². The third-order valence-corrected chi connectivity index (χ3v) is 4.71. The van der Waals surface area contributed by atoms with Crippen molar-refractivity contribution in [2.24, 2.45) is 11.8 Å². The molecule has 0 aromatic carbocycles. The number of carbonyl (C=O) groups is 2. The average Bonchev–Trinajstić information content (AvgIpc) is 2.47. The van der Waals surface area contributed by atoms with E-state index in [0.717, 1.165) is 50.9 Å². The van der Waals surface area contributed by atoms with Crippen LogP contribution in [0.3, 0.4) is 0 Å². The molecule has 1 aliphatic heterocycles. The molecule has 2 aliphatic rings. The van der Waals surface area contributed by atoms with Crippen LogP contribution in [0.4, 0.5) is 0 Å². The molecule has 1 saturated carbocycles. The zero-order valence-electron chi connectivity index (χ0n) is 12.8. The lowest BCUT2D eigenvalue weighted by atomic mass is 9.82. The maximum atomic E-state index is 12.7. The van der Waals surface area contributed by atoms with Gasteiger partial charge < -0.3 is 9.64 Å². The highest BCUT2D eigenvalue weighted by Crippen LogP contribution is 2.31. The van der Waals surface area contributed by atoms with Gasteiger partial charge in [0.25, 0.3) is 0 Å². The zero-order chi connectivity index (χ0) is 14.5. The first-order valence-corrected chi connectivity index (χ1v) is 8.10. The fraction of sp³-hybridized carbons (Fsp3) is 0.875. The van der Waals surface area contributed by atoms with Crippen molar-refractivity contribution < 1.29 is 14.3 Å². The van der Waals surface area contributed by atoms with Crippen LogP contribution in [0.5, 0.6) is 0 Å². The van der Waals surface area contributed by atoms with Crippen LogP contribution in [0.25, 0.3) is 0 Å². The molecule has 1 saturated heterocycles. The van der Waals surface area contributed by atoms with E-state index in [0.29, 0.717) is 13.2 Å². The highest BCUT2D eigenvalue weighted by atomic mass is 16.5. The highest BCUT2D eigenvalue weighted by Gasteiger charge is 2.37. The maximum Gasteiger partial charge on any atom is 0.328 e. The van der Waals surface area contributed by atoms with Crippen molar-refractivity contribution in [3.63, 3.8) is 0 Å². The molecule has 0 aromatic rings. The van der Waals surface area contributed by atoms with E-state index < -0.39 is 0 Å². The molecule has 1 aliphatic carbocycles. The van der Waals surface area contributed by atoms with Gasteiger partial charge in [0.05, 0.1) is 6.61 Å². The van der Waals surface area contributed by atoms with Gasteiger partial charge in [-0.05, 0) is 57.8 Å². The van der Waals surface area contributed by atoms with Crippen LogP contribution in [0.2, 0.25) is 0 Å². The van der Waals surface area contributed by atoms with Crippen molar-refractivity contribution in [1.29, 1.82) is 0 Å². The molecule has 1 heterocycles. The fourth-order valence-electron chi connectivity index (χ4n) is 3.42. The fourth-order valence-corrected chi connectivity index (χ4v) is 3.42. The van der Waals surface area contributed by atoms with Gasteiger partial charge in [-0.3, -0.25) is 4.79 Å². The van der Waals surface area contributed by atoms with Crippen molar-refractivity contribution in [2.75, 3.05) is 13.2 Å². The molecule has 20 heavy (non-hydrogen) atoms. The Balaban J connectivity index is 1.99. The second kappa shape index (κ2) is 7.09. The Bertz CT molecular complexity index is 348. The van der Waals surface area contributed by atoms with Crippen molar-refractivity contribution in [2.45, 2.75) is 64.8 Å². The molecule has 4 nitrogen and oxygen atoms in total. The lowest BCUT2D eigenvalue weighted by Crippen LogP contribution is -2.51. The van der Waals surface area contributed by atoms with Crippen LogP contribution in [-0.4, -0.2) is 36.0 Å². The van der Waals surface area contributed by atoms with E-state index in [-0.39, 0.29) is 23.8 Å². The maximum absolute atomic E-state index is 12.7. The smallest absolute Gasteiger partial charge is 0.328 e. The zero-order valence-corrected chi connectivity index (χ0v) is 12.8. The van der Waals surface area contributed by atoms with E-state index in [4.69, 9.17) is 4.74 Å². The molecule has 114 valence electrons. The molecule has 2 fully saturated rings. The summed E-state index contributed by atoms with van der Waals surface area (Å²) in [6.45, 7) is 5.17. The number of piperidine rings is 1. The Kier molecular flexibility index (Phi) is 5.44. The predicted octanol–water partition coefficient (Wildman–Crippen LogP) is 2.76. The van der Waals surface area contributed by atoms with Crippen molar-refractivity contribution in [1.82, 2.24) is 4.90 Å². The number of nitrogens with zero attached hydrogens (tertiary/aromatic N) is 1. The van der Waals surface area contributed by atoms with Gasteiger partial charge >= 0.3 is 5.97 Å². The monoisotopic (exact) mass is 281 g/mol. The summed E-state index contributed by atoms with van der Waals surface area (Å²) in [5, 5.41) is 0. The van der Waals surface area contributed by atoms with E-state index >= 15 is 0 Å². The van der Waals surface area contributed by atoms with Crippen molar-refractivity contribution in [3.8, 4) is 0 Å². The number of ether oxygens (including phenoxy) is 1. The summed E-state index contributed by atoms with van der Waals surface area (Å²) in [6.07, 6.45) is 6.99. The Labute approximate surface area is 121 Å². The van der Waals surface area contributed by atoms with E-state index in [1.807, 2.05) is 11.8 Å². The Morgan fingerprint density at radius 2 is 1.80 bits per heavy atom. The molecular weight excluding hydrogens is 254 g/mol. The first-order chi connectivity index (χ1) is 9.63. The summed E-state index contributed by atoms with van der Waals surface area (Å²) in [7, 11) is 0. The van der Waals surface area contributed by atoms with Crippen LogP contribution in [0, 0.1) is 11.8 Å². The van der Waals surface area contributed by atoms with Gasteiger partial charge in [-0.2, -0.15) is 0 Å². The molecular formula is C16H27NO3. The second-order valence-electron chi connectivity index (χ2n) is 6.25. The molecule has 0 N–H and O–H groups in total. The topological polar surface area (TPSA) is 46.6 Å². The van der Waals surface area contributed by atoms with Crippen LogP contribution >= 0.6 is 0 Å². The number of carbonyl (C=O) groups excluding carboxylic acids is 2. The van der Waals surface area contributed by atoms with E-state index in [1.165, 1.54) is 0 Å². The summed E-state index contributed by atoms with van der Waals surface area (Å²) in [6, 6.07) is -0.337. The summed E-state index contributed by atoms with van der Waals surface area (Å²) in [5.74, 6) is 0.835. The molecule has 2 rings (SSSR count). The minimum Gasteiger partial charge on any atom is -0.464 e. The number of hydrogen-bond donors (Lipinski definition) is 0. The normalized spacial score (nSPS) is 30.9. The molecule has 1 amide bonds. The predicted molar refractivity (Wildman–Crippen MR) is 77.1 cm³/mol. The van der Waals surface area contributed by atoms with E-state index in [2.05, 4.69) is 6.92 Å². The Hall–Kier alpha value is -1.06. The lowest BCUT2D eigenvalue weighted by molar-refractivity contribution is -0.158. The molecule has 0 aromatic heterocycles. The van der Waals surface area contributed by atoms with Gasteiger partial charge in [0, 0.05) is 12.5 Å². The SMILES string of the molecule is CCOC(=O)C1CCCCN1C(=O)C1CCC(C)CC1. The number of hydrogen-bond acceptors (Lipinski definition) is 3. The summed E-state index contributed by atoms with van der Waals surface area (Å²) in [4.78, 5) is 26.5. The second-order valence-corrected chi connectivity index (χ2v) is 6.25.